The molecule has 1 aromatic rings. The Balaban J connectivity index is 2.86. The number of nitrogens with two attached hydrogens (primary N) is 1. The fourth-order valence-corrected chi connectivity index (χ4v) is 2.32. The number of methoxy groups -OCH3 is 1. The Morgan fingerprint density at radius 3 is 2.75 bits per heavy atom. The molecule has 5 nitrogen and oxygen atoms in total. The van der Waals surface area contributed by atoms with Gasteiger partial charge in [0.05, 0.1) is 22.2 Å². The lowest BCUT2D eigenvalue weighted by Gasteiger charge is -2.07. The van der Waals surface area contributed by atoms with Gasteiger partial charge in [-0.1, -0.05) is 11.6 Å². The standard InChI is InChI=1S/C9H13ClN2O3S/c1-15-5-4-12-16(13,14)7-2-3-9(11)8(10)6-7/h2-3,6,12H,4-5,11H2,1H3. The SMILES string of the molecule is COCCNS(=O)(=O)c1ccc(N)c(Cl)c1. The fourth-order valence-electron chi connectivity index (χ4n) is 1.04. The average molecular weight is 265 g/mol. The molecule has 3 N–H and O–H groups in total. The minimum atomic E-state index is -3.54. The molecule has 0 radical (unpaired) electrons. The smallest absolute Gasteiger partial charge is 0.240 e. The van der Waals surface area contributed by atoms with Crippen molar-refractivity contribution >= 4 is 27.3 Å². The van der Waals surface area contributed by atoms with Gasteiger partial charge in [-0.05, 0) is 18.2 Å². The second-order valence-electron chi connectivity index (χ2n) is 3.07. The van der Waals surface area contributed by atoms with Crippen LogP contribution in [0, 0.1) is 0 Å². The van der Waals surface area contributed by atoms with Gasteiger partial charge in [-0.2, -0.15) is 0 Å². The maximum Gasteiger partial charge on any atom is 0.240 e. The highest BCUT2D eigenvalue weighted by Gasteiger charge is 2.14. The molecule has 0 unspecified atom stereocenters. The van der Waals surface area contributed by atoms with E-state index in [1.807, 2.05) is 0 Å². The van der Waals surface area contributed by atoms with Crippen molar-refractivity contribution in [2.75, 3.05) is 26.0 Å². The molecule has 0 saturated carbocycles. The summed E-state index contributed by atoms with van der Waals surface area (Å²) >= 11 is 5.74. The normalized spacial score (nSPS) is 11.6. The Bertz CT molecular complexity index is 462. The molecular formula is C9H13ClN2O3S. The third-order valence-electron chi connectivity index (χ3n) is 1.88. The first kappa shape index (κ1) is 13.2. The molecule has 7 heteroatoms. The van der Waals surface area contributed by atoms with Gasteiger partial charge in [0, 0.05) is 13.7 Å². The lowest BCUT2D eigenvalue weighted by molar-refractivity contribution is 0.204. The molecule has 1 aromatic carbocycles. The summed E-state index contributed by atoms with van der Waals surface area (Å²) in [6, 6.07) is 4.16. The Morgan fingerprint density at radius 2 is 2.19 bits per heavy atom. The molecule has 0 spiro atoms. The largest absolute Gasteiger partial charge is 0.398 e. The summed E-state index contributed by atoms with van der Waals surface area (Å²) in [7, 11) is -2.05. The second-order valence-corrected chi connectivity index (χ2v) is 5.25. The Kier molecular flexibility index (Phi) is 4.55. The molecule has 16 heavy (non-hydrogen) atoms. The lowest BCUT2D eigenvalue weighted by atomic mass is 10.3. The van der Waals surface area contributed by atoms with Gasteiger partial charge in [-0.25, -0.2) is 13.1 Å². The van der Waals surface area contributed by atoms with Crippen molar-refractivity contribution in [1.29, 1.82) is 0 Å². The molecule has 1 rings (SSSR count). The molecule has 0 atom stereocenters. The van der Waals surface area contributed by atoms with Gasteiger partial charge in [0.15, 0.2) is 0 Å². The van der Waals surface area contributed by atoms with E-state index >= 15 is 0 Å². The van der Waals surface area contributed by atoms with Crippen molar-refractivity contribution in [3.05, 3.63) is 23.2 Å². The number of hydrogen-bond donors (Lipinski definition) is 2. The molecule has 0 heterocycles. The molecular weight excluding hydrogens is 252 g/mol. The number of sulfonamides is 1. The van der Waals surface area contributed by atoms with Gasteiger partial charge in [0.2, 0.25) is 10.0 Å². The summed E-state index contributed by atoms with van der Waals surface area (Å²) < 4.78 is 30.5. The van der Waals surface area contributed by atoms with Crippen LogP contribution in [-0.4, -0.2) is 28.7 Å². The van der Waals surface area contributed by atoms with E-state index in [1.54, 1.807) is 0 Å². The summed E-state index contributed by atoms with van der Waals surface area (Å²) in [6.45, 7) is 0.517. The van der Waals surface area contributed by atoms with Crippen LogP contribution >= 0.6 is 11.6 Å². The predicted octanol–water partition coefficient (Wildman–Crippen LogP) is 0.847. The average Bonchev–Trinajstić information content (AvgIpc) is 2.22. The maximum absolute atomic E-state index is 11.7. The number of nitrogen functional groups attached to an aromatic ring is 1. The number of nitrogens with one attached hydrogen (secondary N) is 1. The van der Waals surface area contributed by atoms with Gasteiger partial charge in [0.1, 0.15) is 0 Å². The Labute approximate surface area is 99.6 Å². The zero-order valence-corrected chi connectivity index (χ0v) is 10.3. The van der Waals surface area contributed by atoms with Gasteiger partial charge in [-0.15, -0.1) is 0 Å². The third kappa shape index (κ3) is 3.34. The predicted molar refractivity (Wildman–Crippen MR) is 62.9 cm³/mol. The van der Waals surface area contributed by atoms with E-state index in [2.05, 4.69) is 4.72 Å². The molecule has 0 fully saturated rings. The molecule has 0 aliphatic carbocycles. The number of hydrogen-bond acceptors (Lipinski definition) is 4. The van der Waals surface area contributed by atoms with Crippen LogP contribution in [0.25, 0.3) is 0 Å². The van der Waals surface area contributed by atoms with Crippen LogP contribution in [-0.2, 0) is 14.8 Å². The first-order valence-corrected chi connectivity index (χ1v) is 6.37. The van der Waals surface area contributed by atoms with Crippen LogP contribution in [0.15, 0.2) is 23.1 Å². The highest BCUT2D eigenvalue weighted by atomic mass is 35.5. The number of benzene rings is 1. The molecule has 0 aliphatic rings. The van der Waals surface area contributed by atoms with Crippen LogP contribution in [0.4, 0.5) is 5.69 Å². The van der Waals surface area contributed by atoms with E-state index in [4.69, 9.17) is 22.1 Å². The zero-order valence-electron chi connectivity index (χ0n) is 8.73. The van der Waals surface area contributed by atoms with Crippen molar-refractivity contribution in [3.63, 3.8) is 0 Å². The van der Waals surface area contributed by atoms with E-state index in [1.165, 1.54) is 25.3 Å². The van der Waals surface area contributed by atoms with E-state index in [9.17, 15) is 8.42 Å². The third-order valence-corrected chi connectivity index (χ3v) is 3.67. The minimum absolute atomic E-state index is 0.0859. The summed E-state index contributed by atoms with van der Waals surface area (Å²) in [4.78, 5) is 0.0859. The summed E-state index contributed by atoms with van der Waals surface area (Å²) in [6.07, 6.45) is 0. The Morgan fingerprint density at radius 1 is 1.50 bits per heavy atom. The van der Waals surface area contributed by atoms with Crippen LogP contribution < -0.4 is 10.5 Å². The molecule has 90 valence electrons. The van der Waals surface area contributed by atoms with Crippen LogP contribution in [0.5, 0.6) is 0 Å². The van der Waals surface area contributed by atoms with Crippen molar-refractivity contribution in [3.8, 4) is 0 Å². The van der Waals surface area contributed by atoms with Crippen molar-refractivity contribution < 1.29 is 13.2 Å². The summed E-state index contributed by atoms with van der Waals surface area (Å²) in [5, 5.41) is 0.217. The molecule has 0 amide bonds. The summed E-state index contributed by atoms with van der Waals surface area (Å²) in [5.74, 6) is 0. The van der Waals surface area contributed by atoms with Crippen LogP contribution in [0.3, 0.4) is 0 Å². The Hall–Kier alpha value is -0.820. The van der Waals surface area contributed by atoms with Crippen LogP contribution in [0.2, 0.25) is 5.02 Å². The topological polar surface area (TPSA) is 81.4 Å². The van der Waals surface area contributed by atoms with Gasteiger partial charge in [0.25, 0.3) is 0 Å². The summed E-state index contributed by atoms with van der Waals surface area (Å²) in [5.41, 5.74) is 5.83. The van der Waals surface area contributed by atoms with E-state index < -0.39 is 10.0 Å². The quantitative estimate of drug-likeness (QED) is 0.610. The van der Waals surface area contributed by atoms with E-state index in [0.717, 1.165) is 0 Å². The zero-order chi connectivity index (χ0) is 12.2. The van der Waals surface area contributed by atoms with Crippen molar-refractivity contribution in [1.82, 2.24) is 4.72 Å². The van der Waals surface area contributed by atoms with Gasteiger partial charge < -0.3 is 10.5 Å². The lowest BCUT2D eigenvalue weighted by Crippen LogP contribution is -2.27. The minimum Gasteiger partial charge on any atom is -0.398 e. The molecule has 0 aromatic heterocycles. The second kappa shape index (κ2) is 5.49. The number of anilines is 1. The highest BCUT2D eigenvalue weighted by Crippen LogP contribution is 2.22. The molecule has 0 aliphatic heterocycles. The van der Waals surface area contributed by atoms with Gasteiger partial charge in [-0.3, -0.25) is 0 Å². The first-order chi connectivity index (χ1) is 7.47. The molecule has 0 bridgehead atoms. The van der Waals surface area contributed by atoms with Gasteiger partial charge >= 0.3 is 0 Å². The van der Waals surface area contributed by atoms with E-state index in [-0.39, 0.29) is 16.5 Å². The van der Waals surface area contributed by atoms with Crippen LogP contribution in [0.1, 0.15) is 0 Å². The van der Waals surface area contributed by atoms with E-state index in [0.29, 0.717) is 12.3 Å². The maximum atomic E-state index is 11.7. The highest BCUT2D eigenvalue weighted by molar-refractivity contribution is 7.89. The van der Waals surface area contributed by atoms with Crippen molar-refractivity contribution in [2.24, 2.45) is 0 Å². The fraction of sp³-hybridized carbons (Fsp3) is 0.333. The number of ether oxygens (including phenoxy) is 1. The van der Waals surface area contributed by atoms with Crippen molar-refractivity contribution in [2.45, 2.75) is 4.90 Å². The number of rotatable bonds is 5. The number of halogens is 1. The molecule has 0 saturated heterocycles. The monoisotopic (exact) mass is 264 g/mol. The first-order valence-electron chi connectivity index (χ1n) is 4.51.